The van der Waals surface area contributed by atoms with Gasteiger partial charge in [0.05, 0.1) is 22.1 Å². The molecule has 2 aromatic rings. The van der Waals surface area contributed by atoms with Crippen molar-refractivity contribution in [3.63, 3.8) is 0 Å². The number of aromatic nitrogens is 1. The second-order valence-electron chi connectivity index (χ2n) is 12.6. The number of benzene rings is 1. The summed E-state index contributed by atoms with van der Waals surface area (Å²) in [5, 5.41) is 5.84. The average Bonchev–Trinajstić information content (AvgIpc) is 3.28. The fraction of sp³-hybridized carbons (Fsp3) is 0.613. The van der Waals surface area contributed by atoms with Gasteiger partial charge in [0.1, 0.15) is 12.1 Å². The Kier molecular flexibility index (Phi) is 8.74. The van der Waals surface area contributed by atoms with Gasteiger partial charge in [0, 0.05) is 6.54 Å². The molecule has 9 heteroatoms. The minimum atomic E-state index is -1.87. The highest BCUT2D eigenvalue weighted by Crippen LogP contribution is 2.40. The number of carbonyl (C=O) groups excluding carboxylic acids is 3. The fourth-order valence-electron chi connectivity index (χ4n) is 5.44. The summed E-state index contributed by atoms with van der Waals surface area (Å²) in [7, 11) is 0. The van der Waals surface area contributed by atoms with E-state index >= 15 is 0 Å². The predicted octanol–water partition coefficient (Wildman–Crippen LogP) is 5.83. The highest BCUT2D eigenvalue weighted by molar-refractivity contribution is 7.13. The van der Waals surface area contributed by atoms with Gasteiger partial charge in [0.15, 0.2) is 5.67 Å². The Bertz CT molecular complexity index is 1270. The van der Waals surface area contributed by atoms with Crippen molar-refractivity contribution in [1.82, 2.24) is 20.5 Å². The lowest BCUT2D eigenvalue weighted by Gasteiger charge is -2.36. The Labute approximate surface area is 241 Å². The number of likely N-dealkylation sites (tertiary alicyclic amines) is 1. The number of nitrogens with one attached hydrogen (secondary N) is 2. The summed E-state index contributed by atoms with van der Waals surface area (Å²) in [6, 6.07) is 4.58. The second kappa shape index (κ2) is 11.6. The number of hydrogen-bond acceptors (Lipinski definition) is 5. The first-order valence-corrected chi connectivity index (χ1v) is 15.3. The van der Waals surface area contributed by atoms with Gasteiger partial charge in [-0.25, -0.2) is 9.37 Å². The number of rotatable bonds is 9. The lowest BCUT2D eigenvalue weighted by Crippen LogP contribution is -2.59. The molecule has 0 spiro atoms. The third kappa shape index (κ3) is 6.24. The van der Waals surface area contributed by atoms with Crippen LogP contribution in [0.1, 0.15) is 102 Å². The van der Waals surface area contributed by atoms with Crippen molar-refractivity contribution in [1.29, 1.82) is 0 Å². The maximum atomic E-state index is 14.4. The summed E-state index contributed by atoms with van der Waals surface area (Å²) in [6.45, 7) is 14.3. The van der Waals surface area contributed by atoms with E-state index in [-0.39, 0.29) is 30.7 Å². The molecule has 3 amide bonds. The molecular formula is C31H43FN4O3S. The van der Waals surface area contributed by atoms with Crippen molar-refractivity contribution in [2.75, 3.05) is 6.54 Å². The first-order chi connectivity index (χ1) is 18.8. The molecule has 1 saturated heterocycles. The molecule has 1 aromatic heterocycles. The molecule has 1 aliphatic heterocycles. The van der Waals surface area contributed by atoms with Gasteiger partial charge in [0.2, 0.25) is 11.8 Å². The Morgan fingerprint density at radius 1 is 1.18 bits per heavy atom. The standard InChI is InChI=1S/C31H43FN4O3S/c1-8-18(2)23-16-21(25-20(4)33-17-40-25)11-12-22(23)19(3)34-27(37)24-10-9-15-36(24)28(38)26(30(5,6)7)35-29(39)31(32)13-14-31/h11-12,16-19,24,26H,8-10,13-15H2,1-7H3,(H,34,37)(H,35,39). The number of aryl methyl sites for hydroxylation is 1. The quantitative estimate of drug-likeness (QED) is 0.397. The van der Waals surface area contributed by atoms with E-state index in [1.807, 2.05) is 40.1 Å². The minimum absolute atomic E-state index is 0.181. The van der Waals surface area contributed by atoms with E-state index in [0.29, 0.717) is 25.3 Å². The molecule has 4 unspecified atom stereocenters. The Hall–Kier alpha value is -2.81. The number of alkyl halides is 1. The van der Waals surface area contributed by atoms with Crippen LogP contribution in [0.4, 0.5) is 4.39 Å². The topological polar surface area (TPSA) is 91.4 Å². The highest BCUT2D eigenvalue weighted by atomic mass is 32.1. The van der Waals surface area contributed by atoms with E-state index in [9.17, 15) is 18.8 Å². The minimum Gasteiger partial charge on any atom is -0.348 e. The number of hydrogen-bond donors (Lipinski definition) is 2. The first-order valence-electron chi connectivity index (χ1n) is 14.4. The third-order valence-electron chi connectivity index (χ3n) is 8.39. The summed E-state index contributed by atoms with van der Waals surface area (Å²) < 4.78 is 14.4. The van der Waals surface area contributed by atoms with E-state index in [1.54, 1.807) is 16.2 Å². The zero-order valence-corrected chi connectivity index (χ0v) is 25.6. The van der Waals surface area contributed by atoms with Crippen LogP contribution in [0.25, 0.3) is 10.4 Å². The van der Waals surface area contributed by atoms with Crippen LogP contribution in [-0.4, -0.2) is 51.9 Å². The smallest absolute Gasteiger partial charge is 0.258 e. The van der Waals surface area contributed by atoms with E-state index in [1.165, 1.54) is 5.56 Å². The van der Waals surface area contributed by atoms with Crippen LogP contribution in [-0.2, 0) is 14.4 Å². The molecule has 1 aliphatic carbocycles. The summed E-state index contributed by atoms with van der Waals surface area (Å²) in [4.78, 5) is 46.9. The molecule has 1 aromatic carbocycles. The second-order valence-corrected chi connectivity index (χ2v) is 13.4. The molecule has 7 nitrogen and oxygen atoms in total. The van der Waals surface area contributed by atoms with E-state index in [0.717, 1.165) is 28.1 Å². The first kappa shape index (κ1) is 30.2. The molecule has 0 radical (unpaired) electrons. The summed E-state index contributed by atoms with van der Waals surface area (Å²) in [5.41, 5.74) is 3.72. The van der Waals surface area contributed by atoms with Crippen molar-refractivity contribution in [2.24, 2.45) is 5.41 Å². The van der Waals surface area contributed by atoms with Crippen LogP contribution >= 0.6 is 11.3 Å². The summed E-state index contributed by atoms with van der Waals surface area (Å²) in [6.07, 6.45) is 2.56. The molecule has 1 saturated carbocycles. The van der Waals surface area contributed by atoms with E-state index in [4.69, 9.17) is 0 Å². The average molecular weight is 571 g/mol. The van der Waals surface area contributed by atoms with Gasteiger partial charge >= 0.3 is 0 Å². The molecule has 2 heterocycles. The number of carbonyl (C=O) groups is 3. The van der Waals surface area contributed by atoms with Crippen LogP contribution in [0.15, 0.2) is 23.7 Å². The van der Waals surface area contributed by atoms with Gasteiger partial charge in [0.25, 0.3) is 5.91 Å². The molecule has 40 heavy (non-hydrogen) atoms. The number of thiazole rings is 1. The van der Waals surface area contributed by atoms with Crippen molar-refractivity contribution < 1.29 is 18.8 Å². The maximum Gasteiger partial charge on any atom is 0.258 e. The Morgan fingerprint density at radius 2 is 1.88 bits per heavy atom. The van der Waals surface area contributed by atoms with E-state index < -0.39 is 29.1 Å². The molecule has 2 fully saturated rings. The zero-order valence-electron chi connectivity index (χ0n) is 24.8. The Morgan fingerprint density at radius 3 is 2.45 bits per heavy atom. The van der Waals surface area contributed by atoms with Gasteiger partial charge in [-0.2, -0.15) is 0 Å². The molecule has 4 rings (SSSR count). The van der Waals surface area contributed by atoms with Crippen molar-refractivity contribution in [3.8, 4) is 10.4 Å². The highest BCUT2D eigenvalue weighted by Gasteiger charge is 2.53. The van der Waals surface area contributed by atoms with Crippen LogP contribution < -0.4 is 10.6 Å². The van der Waals surface area contributed by atoms with Crippen molar-refractivity contribution >= 4 is 29.1 Å². The van der Waals surface area contributed by atoms with Gasteiger partial charge in [-0.1, -0.05) is 46.8 Å². The maximum absolute atomic E-state index is 14.4. The van der Waals surface area contributed by atoms with Gasteiger partial charge in [-0.3, -0.25) is 14.4 Å². The number of halogens is 1. The van der Waals surface area contributed by atoms with E-state index in [2.05, 4.69) is 47.7 Å². The van der Waals surface area contributed by atoms with Crippen molar-refractivity contribution in [3.05, 3.63) is 40.5 Å². The molecule has 218 valence electrons. The molecule has 2 aliphatic rings. The van der Waals surface area contributed by atoms with Crippen LogP contribution in [0.3, 0.4) is 0 Å². The monoisotopic (exact) mass is 570 g/mol. The molecule has 4 atom stereocenters. The SMILES string of the molecule is CCC(C)c1cc(-c2scnc2C)ccc1C(C)NC(=O)C1CCCN1C(=O)C(NC(=O)C1(F)CC1)C(C)(C)C. The predicted molar refractivity (Wildman–Crippen MR) is 157 cm³/mol. The van der Waals surface area contributed by atoms with Gasteiger partial charge in [-0.05, 0) is 80.0 Å². The largest absolute Gasteiger partial charge is 0.348 e. The number of nitrogens with zero attached hydrogens (tertiary/aromatic N) is 2. The molecule has 0 bridgehead atoms. The Balaban J connectivity index is 1.52. The van der Waals surface area contributed by atoms with Crippen LogP contribution in [0.2, 0.25) is 0 Å². The fourth-order valence-corrected chi connectivity index (χ4v) is 6.24. The summed E-state index contributed by atoms with van der Waals surface area (Å²) >= 11 is 1.62. The van der Waals surface area contributed by atoms with Gasteiger partial charge < -0.3 is 15.5 Å². The number of amides is 3. The third-order valence-corrected chi connectivity index (χ3v) is 9.36. The molecular weight excluding hydrogens is 527 g/mol. The summed E-state index contributed by atoms with van der Waals surface area (Å²) in [5.74, 6) is -0.975. The van der Waals surface area contributed by atoms with Crippen LogP contribution in [0, 0.1) is 12.3 Å². The van der Waals surface area contributed by atoms with Crippen molar-refractivity contribution in [2.45, 2.75) is 110 Å². The van der Waals surface area contributed by atoms with Gasteiger partial charge in [-0.15, -0.1) is 11.3 Å². The zero-order chi connectivity index (χ0) is 29.4. The normalized spacial score (nSPS) is 20.5. The lowest BCUT2D eigenvalue weighted by atomic mass is 9.85. The van der Waals surface area contributed by atoms with Crippen LogP contribution in [0.5, 0.6) is 0 Å². The lowest BCUT2D eigenvalue weighted by molar-refractivity contribution is -0.145. The molecule has 2 N–H and O–H groups in total.